The number of primary amides is 1. The molecule has 0 fully saturated rings. The number of carbonyl (C=O) groups is 1. The van der Waals surface area contributed by atoms with Gasteiger partial charge in [0.05, 0.1) is 11.8 Å². The molecule has 4 nitrogen and oxygen atoms in total. The van der Waals surface area contributed by atoms with Gasteiger partial charge in [-0.2, -0.15) is 0 Å². The minimum Gasteiger partial charge on any atom is -0.505 e. The van der Waals surface area contributed by atoms with Crippen LogP contribution in [0.15, 0.2) is 18.5 Å². The van der Waals surface area contributed by atoms with Gasteiger partial charge >= 0.3 is 0 Å². The average Bonchev–Trinajstić information content (AvgIpc) is 1.88. The molecule has 0 aliphatic heterocycles. The van der Waals surface area contributed by atoms with Gasteiger partial charge in [0, 0.05) is 6.20 Å². The first-order valence-corrected chi connectivity index (χ1v) is 2.64. The van der Waals surface area contributed by atoms with E-state index in [-0.39, 0.29) is 11.3 Å². The molecule has 0 atom stereocenters. The summed E-state index contributed by atoms with van der Waals surface area (Å²) >= 11 is 0. The molecule has 0 aliphatic rings. The predicted octanol–water partition coefficient (Wildman–Crippen LogP) is -0.114. The van der Waals surface area contributed by atoms with Crippen LogP contribution in [0.25, 0.3) is 0 Å². The fourth-order valence-corrected chi connectivity index (χ4v) is 0.594. The maximum Gasteiger partial charge on any atom is 0.252 e. The van der Waals surface area contributed by atoms with Crippen LogP contribution in [0.1, 0.15) is 10.4 Å². The number of aromatic nitrogens is 1. The second-order valence-electron chi connectivity index (χ2n) is 1.76. The molecule has 0 spiro atoms. The Morgan fingerprint density at radius 3 is 2.80 bits per heavy atom. The molecular weight excluding hydrogens is 132 g/mol. The maximum atomic E-state index is 10.5. The van der Waals surface area contributed by atoms with Gasteiger partial charge in [0.15, 0.2) is 0 Å². The quantitative estimate of drug-likeness (QED) is 0.568. The second kappa shape index (κ2) is 2.34. The first-order valence-electron chi connectivity index (χ1n) is 2.64. The van der Waals surface area contributed by atoms with E-state index in [0.29, 0.717) is 0 Å². The van der Waals surface area contributed by atoms with Gasteiger partial charge in [0.25, 0.3) is 5.91 Å². The van der Waals surface area contributed by atoms with Crippen molar-refractivity contribution in [2.75, 3.05) is 0 Å². The van der Waals surface area contributed by atoms with E-state index < -0.39 is 5.91 Å². The van der Waals surface area contributed by atoms with Gasteiger partial charge in [-0.3, -0.25) is 9.78 Å². The molecule has 0 saturated heterocycles. The molecule has 0 radical (unpaired) electrons. The molecule has 1 aromatic heterocycles. The Bertz CT molecular complexity index is 260. The molecule has 0 aromatic carbocycles. The average molecular weight is 138 g/mol. The lowest BCUT2D eigenvalue weighted by molar-refractivity contribution is 0.0997. The lowest BCUT2D eigenvalue weighted by atomic mass is 10.2. The van der Waals surface area contributed by atoms with Crippen LogP contribution >= 0.6 is 0 Å². The Balaban J connectivity index is 3.15. The number of amides is 1. The number of hydrogen-bond donors (Lipinski definition) is 2. The molecule has 4 heteroatoms. The van der Waals surface area contributed by atoms with Crippen LogP contribution in [-0.2, 0) is 0 Å². The fourth-order valence-electron chi connectivity index (χ4n) is 0.594. The molecule has 1 amide bonds. The summed E-state index contributed by atoms with van der Waals surface area (Å²) in [7, 11) is 0. The number of hydrogen-bond acceptors (Lipinski definition) is 3. The molecular formula is C6H6N2O2. The number of nitrogens with two attached hydrogens (primary N) is 1. The fraction of sp³-hybridized carbons (Fsp3) is 0. The number of nitrogens with zero attached hydrogens (tertiary/aromatic N) is 1. The highest BCUT2D eigenvalue weighted by molar-refractivity contribution is 5.95. The SMILES string of the molecule is NC(=O)c1ccncc1O. The lowest BCUT2D eigenvalue weighted by Gasteiger charge is -1.95. The van der Waals surface area contributed by atoms with Crippen LogP contribution in [-0.4, -0.2) is 16.0 Å². The lowest BCUT2D eigenvalue weighted by Crippen LogP contribution is -2.10. The minimum atomic E-state index is -0.653. The number of carbonyl (C=O) groups excluding carboxylic acids is 1. The van der Waals surface area contributed by atoms with E-state index in [2.05, 4.69) is 4.98 Å². The normalized spacial score (nSPS) is 9.20. The van der Waals surface area contributed by atoms with E-state index in [1.165, 1.54) is 18.5 Å². The Morgan fingerprint density at radius 2 is 2.40 bits per heavy atom. The monoisotopic (exact) mass is 138 g/mol. The summed E-state index contributed by atoms with van der Waals surface area (Å²) in [5.41, 5.74) is 4.98. The van der Waals surface area contributed by atoms with Gasteiger partial charge in [-0.1, -0.05) is 0 Å². The van der Waals surface area contributed by atoms with Gasteiger partial charge in [-0.25, -0.2) is 0 Å². The maximum absolute atomic E-state index is 10.5. The van der Waals surface area contributed by atoms with Crippen molar-refractivity contribution >= 4 is 5.91 Å². The highest BCUT2D eigenvalue weighted by Gasteiger charge is 2.04. The predicted molar refractivity (Wildman–Crippen MR) is 34.4 cm³/mol. The number of pyridine rings is 1. The summed E-state index contributed by atoms with van der Waals surface area (Å²) in [6, 6.07) is 1.36. The van der Waals surface area contributed by atoms with Crippen molar-refractivity contribution in [2.24, 2.45) is 5.73 Å². The molecule has 10 heavy (non-hydrogen) atoms. The molecule has 0 aliphatic carbocycles. The zero-order chi connectivity index (χ0) is 7.56. The van der Waals surface area contributed by atoms with Gasteiger partial charge in [0.1, 0.15) is 5.75 Å². The van der Waals surface area contributed by atoms with Crippen LogP contribution in [0.4, 0.5) is 0 Å². The van der Waals surface area contributed by atoms with E-state index in [1.807, 2.05) is 0 Å². The van der Waals surface area contributed by atoms with E-state index >= 15 is 0 Å². The van der Waals surface area contributed by atoms with Gasteiger partial charge in [-0.15, -0.1) is 0 Å². The summed E-state index contributed by atoms with van der Waals surface area (Å²) < 4.78 is 0. The van der Waals surface area contributed by atoms with Gasteiger partial charge in [0.2, 0.25) is 0 Å². The summed E-state index contributed by atoms with van der Waals surface area (Å²) in [5.74, 6) is -0.838. The first-order chi connectivity index (χ1) is 4.72. The highest BCUT2D eigenvalue weighted by atomic mass is 16.3. The molecule has 0 bridgehead atoms. The molecule has 0 unspecified atom stereocenters. The second-order valence-corrected chi connectivity index (χ2v) is 1.76. The van der Waals surface area contributed by atoms with Crippen molar-refractivity contribution in [1.29, 1.82) is 0 Å². The largest absolute Gasteiger partial charge is 0.505 e. The topological polar surface area (TPSA) is 76.2 Å². The van der Waals surface area contributed by atoms with E-state index in [1.54, 1.807) is 0 Å². The highest BCUT2D eigenvalue weighted by Crippen LogP contribution is 2.11. The Labute approximate surface area is 57.3 Å². The summed E-state index contributed by atoms with van der Waals surface area (Å²) in [6.07, 6.45) is 2.56. The summed E-state index contributed by atoms with van der Waals surface area (Å²) in [4.78, 5) is 14.0. The molecule has 1 rings (SSSR count). The molecule has 52 valence electrons. The van der Waals surface area contributed by atoms with Crippen molar-refractivity contribution in [2.45, 2.75) is 0 Å². The van der Waals surface area contributed by atoms with E-state index in [0.717, 1.165) is 0 Å². The molecule has 0 saturated carbocycles. The number of aromatic hydroxyl groups is 1. The molecule has 1 heterocycles. The van der Waals surface area contributed by atoms with Crippen LogP contribution in [0, 0.1) is 0 Å². The first kappa shape index (κ1) is 6.54. The molecule has 3 N–H and O–H groups in total. The van der Waals surface area contributed by atoms with E-state index in [9.17, 15) is 4.79 Å². The van der Waals surface area contributed by atoms with Crippen molar-refractivity contribution in [3.63, 3.8) is 0 Å². The van der Waals surface area contributed by atoms with Crippen molar-refractivity contribution in [3.05, 3.63) is 24.0 Å². The van der Waals surface area contributed by atoms with Gasteiger partial charge < -0.3 is 10.8 Å². The van der Waals surface area contributed by atoms with Crippen LogP contribution in [0.3, 0.4) is 0 Å². The zero-order valence-corrected chi connectivity index (χ0v) is 5.11. The van der Waals surface area contributed by atoms with Crippen molar-refractivity contribution in [3.8, 4) is 5.75 Å². The Kier molecular flexibility index (Phi) is 1.53. The van der Waals surface area contributed by atoms with Crippen molar-refractivity contribution in [1.82, 2.24) is 4.98 Å². The Hall–Kier alpha value is -1.58. The number of rotatable bonds is 1. The summed E-state index contributed by atoms with van der Waals surface area (Å²) in [6.45, 7) is 0. The van der Waals surface area contributed by atoms with E-state index in [4.69, 9.17) is 10.8 Å². The third-order valence-corrected chi connectivity index (χ3v) is 1.07. The van der Waals surface area contributed by atoms with Crippen LogP contribution in [0.2, 0.25) is 0 Å². The third kappa shape index (κ3) is 1.05. The minimum absolute atomic E-state index is 0.0926. The van der Waals surface area contributed by atoms with Crippen molar-refractivity contribution < 1.29 is 9.90 Å². The molecule has 1 aromatic rings. The van der Waals surface area contributed by atoms with Crippen LogP contribution in [0.5, 0.6) is 5.75 Å². The van der Waals surface area contributed by atoms with Gasteiger partial charge in [-0.05, 0) is 6.07 Å². The summed E-state index contributed by atoms with van der Waals surface area (Å²) in [5, 5.41) is 8.92. The smallest absolute Gasteiger partial charge is 0.252 e. The zero-order valence-electron chi connectivity index (χ0n) is 5.11. The van der Waals surface area contributed by atoms with Crippen LogP contribution < -0.4 is 5.73 Å². The third-order valence-electron chi connectivity index (χ3n) is 1.07. The standard InChI is InChI=1S/C6H6N2O2/c7-6(10)4-1-2-8-3-5(4)9/h1-3,9H,(H2,7,10). The Morgan fingerprint density at radius 1 is 1.70 bits per heavy atom.